The van der Waals surface area contributed by atoms with E-state index in [4.69, 9.17) is 10.1 Å². The predicted molar refractivity (Wildman–Crippen MR) is 129 cm³/mol. The Morgan fingerprint density at radius 1 is 1.40 bits per heavy atom. The SMILES string of the molecule is C.C=CC(=N)CNC(/C=C/c1cccnc1OCC)=C1/CC(C)=NN1C(C)C.N.N. The molecule has 0 aromatic carbocycles. The van der Waals surface area contributed by atoms with E-state index in [2.05, 4.69) is 35.8 Å². The lowest BCUT2D eigenvalue weighted by Crippen LogP contribution is -2.27. The van der Waals surface area contributed by atoms with Crippen LogP contribution in [0.3, 0.4) is 0 Å². The number of ether oxygens (including phenoxy) is 1. The average molecular weight is 418 g/mol. The number of aromatic nitrogens is 1. The molecule has 0 unspecified atom stereocenters. The lowest BCUT2D eigenvalue weighted by molar-refractivity contribution is 0.306. The Bertz CT molecular complexity index is 781. The van der Waals surface area contributed by atoms with Gasteiger partial charge in [0.1, 0.15) is 0 Å². The summed E-state index contributed by atoms with van der Waals surface area (Å²) < 4.78 is 5.61. The van der Waals surface area contributed by atoms with E-state index >= 15 is 0 Å². The number of hydrogen-bond acceptors (Lipinski definition) is 8. The third-order valence-electron chi connectivity index (χ3n) is 4.01. The van der Waals surface area contributed by atoms with E-state index in [9.17, 15) is 0 Å². The Kier molecular flexibility index (Phi) is 13.7. The van der Waals surface area contributed by atoms with Crippen LogP contribution >= 0.6 is 0 Å². The van der Waals surface area contributed by atoms with Gasteiger partial charge >= 0.3 is 0 Å². The van der Waals surface area contributed by atoms with Crippen molar-refractivity contribution in [3.05, 3.63) is 54.0 Å². The van der Waals surface area contributed by atoms with Crippen molar-refractivity contribution in [1.29, 1.82) is 5.41 Å². The minimum Gasteiger partial charge on any atom is -0.478 e. The van der Waals surface area contributed by atoms with Gasteiger partial charge in [-0.1, -0.05) is 14.0 Å². The van der Waals surface area contributed by atoms with Crippen molar-refractivity contribution in [3.63, 3.8) is 0 Å². The molecular formula is C22H39N7O. The molecule has 0 spiro atoms. The number of hydrazone groups is 1. The highest BCUT2D eigenvalue weighted by Crippen LogP contribution is 2.26. The summed E-state index contributed by atoms with van der Waals surface area (Å²) in [6, 6.07) is 4.11. The van der Waals surface area contributed by atoms with Gasteiger partial charge in [0.05, 0.1) is 24.5 Å². The van der Waals surface area contributed by atoms with E-state index in [0.717, 1.165) is 29.1 Å². The second-order valence-electron chi connectivity index (χ2n) is 6.56. The summed E-state index contributed by atoms with van der Waals surface area (Å²) in [5.41, 5.74) is 4.44. The Labute approximate surface area is 181 Å². The van der Waals surface area contributed by atoms with E-state index in [1.54, 1.807) is 12.3 Å². The summed E-state index contributed by atoms with van der Waals surface area (Å²) in [7, 11) is 0. The van der Waals surface area contributed by atoms with E-state index in [1.165, 1.54) is 0 Å². The van der Waals surface area contributed by atoms with Gasteiger partial charge in [0.25, 0.3) is 0 Å². The first-order valence-electron chi connectivity index (χ1n) is 9.22. The summed E-state index contributed by atoms with van der Waals surface area (Å²) in [4.78, 5) is 4.30. The molecule has 0 aliphatic carbocycles. The lowest BCUT2D eigenvalue weighted by atomic mass is 10.1. The maximum Gasteiger partial charge on any atom is 0.220 e. The van der Waals surface area contributed by atoms with Crippen LogP contribution in [0.1, 0.15) is 47.1 Å². The smallest absolute Gasteiger partial charge is 0.220 e. The first-order valence-corrected chi connectivity index (χ1v) is 9.22. The third-order valence-corrected chi connectivity index (χ3v) is 4.01. The number of nitrogens with zero attached hydrogens (tertiary/aromatic N) is 3. The number of nitrogens with one attached hydrogen (secondary N) is 2. The molecule has 0 bridgehead atoms. The van der Waals surface area contributed by atoms with Crippen LogP contribution in [0, 0.1) is 5.41 Å². The Morgan fingerprint density at radius 2 is 2.10 bits per heavy atom. The van der Waals surface area contributed by atoms with Gasteiger partial charge < -0.3 is 27.8 Å². The maximum absolute atomic E-state index is 7.86. The predicted octanol–water partition coefficient (Wildman–Crippen LogP) is 4.95. The van der Waals surface area contributed by atoms with Gasteiger partial charge in [-0.15, -0.1) is 0 Å². The fraction of sp³-hybridized carbons (Fsp3) is 0.409. The van der Waals surface area contributed by atoms with E-state index in [-0.39, 0.29) is 25.8 Å². The molecule has 0 atom stereocenters. The molecule has 1 aromatic rings. The molecule has 0 radical (unpaired) electrons. The van der Waals surface area contributed by atoms with Gasteiger partial charge in [-0.05, 0) is 58.1 Å². The molecule has 30 heavy (non-hydrogen) atoms. The highest BCUT2D eigenvalue weighted by Gasteiger charge is 2.23. The van der Waals surface area contributed by atoms with Crippen LogP contribution in [0.5, 0.6) is 5.88 Å². The highest BCUT2D eigenvalue weighted by molar-refractivity contribution is 5.93. The zero-order valence-electron chi connectivity index (χ0n) is 18.0. The molecule has 1 aromatic heterocycles. The third kappa shape index (κ3) is 7.81. The molecule has 8 nitrogen and oxygen atoms in total. The molecule has 0 amide bonds. The molecule has 2 heterocycles. The van der Waals surface area contributed by atoms with Crippen molar-refractivity contribution < 1.29 is 4.74 Å². The van der Waals surface area contributed by atoms with Crippen molar-refractivity contribution in [2.24, 2.45) is 5.10 Å². The van der Waals surface area contributed by atoms with Crippen LogP contribution in [-0.2, 0) is 0 Å². The highest BCUT2D eigenvalue weighted by atomic mass is 16.5. The monoisotopic (exact) mass is 417 g/mol. The fourth-order valence-corrected chi connectivity index (χ4v) is 2.73. The van der Waals surface area contributed by atoms with Crippen LogP contribution in [0.4, 0.5) is 0 Å². The van der Waals surface area contributed by atoms with Crippen molar-refractivity contribution in [1.82, 2.24) is 27.6 Å². The second kappa shape index (κ2) is 14.1. The first kappa shape index (κ1) is 29.2. The second-order valence-corrected chi connectivity index (χ2v) is 6.56. The van der Waals surface area contributed by atoms with Gasteiger partial charge in [-0.3, -0.25) is 5.01 Å². The molecule has 8 N–H and O–H groups in total. The standard InChI is InChI=1S/C21H29N5O.CH4.2H3N/c1-6-18(22)14-24-19(20-13-16(5)25-26(20)15(3)4)11-10-17-9-8-12-23-21(17)27-7-2;;;/h6,8-12,15,22,24H,1,7,13-14H2,2-5H3;1H4;2*1H3/b11-10+,20-19-,22-18?;;;. The fourth-order valence-electron chi connectivity index (χ4n) is 2.73. The van der Waals surface area contributed by atoms with Crippen LogP contribution < -0.4 is 22.4 Å². The quantitative estimate of drug-likeness (QED) is 0.418. The Balaban J connectivity index is 0. The van der Waals surface area contributed by atoms with Crippen molar-refractivity contribution >= 4 is 17.5 Å². The minimum atomic E-state index is 0. The largest absolute Gasteiger partial charge is 0.478 e. The van der Waals surface area contributed by atoms with Gasteiger partial charge in [0.15, 0.2) is 0 Å². The normalized spacial score (nSPS) is 14.3. The summed E-state index contributed by atoms with van der Waals surface area (Å²) in [6.07, 6.45) is 8.04. The number of hydrogen-bond donors (Lipinski definition) is 4. The van der Waals surface area contributed by atoms with Crippen LogP contribution in [0.2, 0.25) is 0 Å². The maximum atomic E-state index is 7.86. The van der Waals surface area contributed by atoms with Crippen molar-refractivity contribution in [2.45, 2.75) is 47.6 Å². The van der Waals surface area contributed by atoms with Crippen LogP contribution in [-0.4, -0.2) is 40.6 Å². The zero-order valence-corrected chi connectivity index (χ0v) is 18.0. The zero-order chi connectivity index (χ0) is 19.8. The topological polar surface area (TPSA) is 144 Å². The lowest BCUT2D eigenvalue weighted by Gasteiger charge is -2.23. The summed E-state index contributed by atoms with van der Waals surface area (Å²) in [6.45, 7) is 12.8. The van der Waals surface area contributed by atoms with Gasteiger partial charge in [-0.2, -0.15) is 5.10 Å². The number of allylic oxidation sites excluding steroid dienone is 2. The molecule has 0 saturated heterocycles. The molecule has 168 valence electrons. The molecule has 1 aliphatic heterocycles. The molecule has 2 rings (SSSR count). The molecular weight excluding hydrogens is 378 g/mol. The van der Waals surface area contributed by atoms with Gasteiger partial charge in [-0.25, -0.2) is 4.98 Å². The first-order chi connectivity index (χ1) is 13.0. The molecule has 1 aliphatic rings. The van der Waals surface area contributed by atoms with Crippen LogP contribution in [0.15, 0.2) is 53.6 Å². The van der Waals surface area contributed by atoms with Crippen molar-refractivity contribution in [3.8, 4) is 5.88 Å². The van der Waals surface area contributed by atoms with Gasteiger partial charge in [0, 0.05) is 35.6 Å². The minimum absolute atomic E-state index is 0. The molecule has 0 saturated carbocycles. The summed E-state index contributed by atoms with van der Waals surface area (Å²) in [5, 5.41) is 17.9. The molecule has 0 fully saturated rings. The van der Waals surface area contributed by atoms with Crippen molar-refractivity contribution in [2.75, 3.05) is 13.2 Å². The number of rotatable bonds is 9. The number of pyridine rings is 1. The summed E-state index contributed by atoms with van der Waals surface area (Å²) >= 11 is 0. The van der Waals surface area contributed by atoms with E-state index in [0.29, 0.717) is 24.7 Å². The van der Waals surface area contributed by atoms with E-state index in [1.807, 2.05) is 43.1 Å². The van der Waals surface area contributed by atoms with Gasteiger partial charge in [0.2, 0.25) is 5.88 Å². The van der Waals surface area contributed by atoms with E-state index < -0.39 is 0 Å². The summed E-state index contributed by atoms with van der Waals surface area (Å²) in [5.74, 6) is 0.610. The Morgan fingerprint density at radius 3 is 2.70 bits per heavy atom. The Hall–Kier alpha value is -2.97. The average Bonchev–Trinajstić information content (AvgIpc) is 3.04. The van der Waals surface area contributed by atoms with Crippen LogP contribution in [0.25, 0.3) is 6.08 Å². The molecule has 8 heteroatoms.